The molecule has 0 unspecified atom stereocenters. The Balaban J connectivity index is 2.03. The smallest absolute Gasteiger partial charge is 0.0693 e. The third kappa shape index (κ3) is 3.92. The molecule has 0 spiro atoms. The monoisotopic (exact) mass is 261 g/mol. The second-order valence-electron chi connectivity index (χ2n) is 5.79. The first-order valence-electron chi connectivity index (χ1n) is 6.75. The van der Waals surface area contributed by atoms with Crippen molar-refractivity contribution in [2.24, 2.45) is 0 Å². The van der Waals surface area contributed by atoms with Gasteiger partial charge in [-0.25, -0.2) is 0 Å². The summed E-state index contributed by atoms with van der Waals surface area (Å²) in [5.41, 5.74) is 2.49. The zero-order chi connectivity index (χ0) is 13.9. The highest BCUT2D eigenvalue weighted by molar-refractivity contribution is 5.08. The Hall–Kier alpha value is -1.62. The maximum absolute atomic E-state index is 4.39. The van der Waals surface area contributed by atoms with Crippen LogP contribution in [0.25, 0.3) is 0 Å². The lowest BCUT2D eigenvalue weighted by Crippen LogP contribution is -2.35. The van der Waals surface area contributed by atoms with Crippen molar-refractivity contribution >= 4 is 0 Å². The second-order valence-corrected chi connectivity index (χ2v) is 5.79. The quantitative estimate of drug-likeness (QED) is 0.896. The Morgan fingerprint density at radius 3 is 2.68 bits per heavy atom. The maximum Gasteiger partial charge on any atom is 0.0693 e. The summed E-state index contributed by atoms with van der Waals surface area (Å²) in [6, 6.07) is 2.06. The summed E-state index contributed by atoms with van der Waals surface area (Å²) in [5, 5.41) is 12.2. The number of nitrogens with one attached hydrogen (secondary N) is 1. The number of nitrogens with zero attached hydrogens (tertiary/aromatic N) is 4. The van der Waals surface area contributed by atoms with Crippen LogP contribution in [0, 0.1) is 0 Å². The first-order valence-corrected chi connectivity index (χ1v) is 6.75. The van der Waals surface area contributed by atoms with E-state index in [1.165, 1.54) is 11.3 Å². The number of rotatable bonds is 5. The third-order valence-electron chi connectivity index (χ3n) is 2.95. The van der Waals surface area contributed by atoms with Crippen LogP contribution in [0.3, 0.4) is 0 Å². The molecule has 1 N–H and O–H groups in total. The fourth-order valence-electron chi connectivity index (χ4n) is 1.84. The molecule has 0 saturated heterocycles. The van der Waals surface area contributed by atoms with Gasteiger partial charge in [0.05, 0.1) is 18.4 Å². The van der Waals surface area contributed by atoms with E-state index < -0.39 is 0 Å². The van der Waals surface area contributed by atoms with E-state index in [1.807, 2.05) is 21.8 Å². The molecule has 2 aromatic rings. The van der Waals surface area contributed by atoms with Gasteiger partial charge in [0, 0.05) is 36.6 Å². The SMILES string of the molecule is CCn1cc(Cn2nccc2CNC(C)(C)C)cn1. The fourth-order valence-corrected chi connectivity index (χ4v) is 1.84. The van der Waals surface area contributed by atoms with Crippen LogP contribution >= 0.6 is 0 Å². The highest BCUT2D eigenvalue weighted by atomic mass is 15.3. The molecule has 0 aliphatic heterocycles. The maximum atomic E-state index is 4.39. The lowest BCUT2D eigenvalue weighted by molar-refractivity contribution is 0.414. The van der Waals surface area contributed by atoms with Gasteiger partial charge in [-0.3, -0.25) is 9.36 Å². The average molecular weight is 261 g/mol. The van der Waals surface area contributed by atoms with Crippen molar-refractivity contribution in [3.8, 4) is 0 Å². The molecule has 2 rings (SSSR count). The van der Waals surface area contributed by atoms with Crippen molar-refractivity contribution in [2.75, 3.05) is 0 Å². The number of aryl methyl sites for hydroxylation is 1. The Morgan fingerprint density at radius 1 is 1.26 bits per heavy atom. The second kappa shape index (κ2) is 5.57. The minimum atomic E-state index is 0.113. The zero-order valence-corrected chi connectivity index (χ0v) is 12.2. The van der Waals surface area contributed by atoms with E-state index in [0.717, 1.165) is 19.6 Å². The Morgan fingerprint density at radius 2 is 2.05 bits per heavy atom. The van der Waals surface area contributed by atoms with Crippen molar-refractivity contribution in [3.63, 3.8) is 0 Å². The molecule has 5 nitrogen and oxygen atoms in total. The minimum Gasteiger partial charge on any atom is -0.306 e. The summed E-state index contributed by atoms with van der Waals surface area (Å²) in [6.07, 6.45) is 5.83. The molecule has 0 aliphatic rings. The Bertz CT molecular complexity index is 518. The van der Waals surface area contributed by atoms with Crippen LogP contribution in [0.15, 0.2) is 24.7 Å². The molecule has 0 aliphatic carbocycles. The summed E-state index contributed by atoms with van der Waals surface area (Å²) < 4.78 is 3.96. The van der Waals surface area contributed by atoms with Gasteiger partial charge in [0.1, 0.15) is 0 Å². The summed E-state index contributed by atoms with van der Waals surface area (Å²) in [7, 11) is 0. The van der Waals surface area contributed by atoms with E-state index in [0.29, 0.717) is 0 Å². The van der Waals surface area contributed by atoms with Gasteiger partial charge in [-0.05, 0) is 33.8 Å². The number of aromatic nitrogens is 4. The highest BCUT2D eigenvalue weighted by Crippen LogP contribution is 2.07. The molecule has 0 fully saturated rings. The molecule has 0 radical (unpaired) electrons. The third-order valence-corrected chi connectivity index (χ3v) is 2.95. The molecular formula is C14H23N5. The van der Waals surface area contributed by atoms with E-state index in [4.69, 9.17) is 0 Å². The van der Waals surface area contributed by atoms with E-state index in [-0.39, 0.29) is 5.54 Å². The number of hydrogen-bond acceptors (Lipinski definition) is 3. The molecule has 104 valence electrons. The van der Waals surface area contributed by atoms with Gasteiger partial charge in [0.25, 0.3) is 0 Å². The predicted octanol–water partition coefficient (Wildman–Crippen LogP) is 2.04. The molecule has 0 saturated carbocycles. The van der Waals surface area contributed by atoms with Crippen molar-refractivity contribution < 1.29 is 0 Å². The molecule has 0 aromatic carbocycles. The van der Waals surface area contributed by atoms with Crippen LogP contribution in [-0.2, 0) is 19.6 Å². The van der Waals surface area contributed by atoms with E-state index >= 15 is 0 Å². The van der Waals surface area contributed by atoms with Crippen molar-refractivity contribution in [1.29, 1.82) is 0 Å². The van der Waals surface area contributed by atoms with Crippen molar-refractivity contribution in [2.45, 2.75) is 52.9 Å². The van der Waals surface area contributed by atoms with Gasteiger partial charge in [0.2, 0.25) is 0 Å². The first kappa shape index (κ1) is 13.8. The van der Waals surface area contributed by atoms with Gasteiger partial charge in [-0.15, -0.1) is 0 Å². The van der Waals surface area contributed by atoms with Crippen LogP contribution in [-0.4, -0.2) is 25.1 Å². The largest absolute Gasteiger partial charge is 0.306 e. The molecule has 0 bridgehead atoms. The van der Waals surface area contributed by atoms with Crippen molar-refractivity contribution in [1.82, 2.24) is 24.9 Å². The van der Waals surface area contributed by atoms with E-state index in [9.17, 15) is 0 Å². The van der Waals surface area contributed by atoms with E-state index in [2.05, 4.69) is 55.5 Å². The number of hydrogen-bond donors (Lipinski definition) is 1. The van der Waals surface area contributed by atoms with Gasteiger partial charge >= 0.3 is 0 Å². The van der Waals surface area contributed by atoms with Crippen LogP contribution in [0.4, 0.5) is 0 Å². The van der Waals surface area contributed by atoms with Gasteiger partial charge in [0.15, 0.2) is 0 Å². The average Bonchev–Trinajstić information content (AvgIpc) is 2.95. The topological polar surface area (TPSA) is 47.7 Å². The molecule has 0 atom stereocenters. The predicted molar refractivity (Wildman–Crippen MR) is 75.8 cm³/mol. The van der Waals surface area contributed by atoms with Crippen LogP contribution in [0.1, 0.15) is 39.0 Å². The molecule has 19 heavy (non-hydrogen) atoms. The minimum absolute atomic E-state index is 0.113. The van der Waals surface area contributed by atoms with Gasteiger partial charge in [-0.1, -0.05) is 0 Å². The molecule has 0 amide bonds. The first-order chi connectivity index (χ1) is 8.98. The molecule has 5 heteroatoms. The molecule has 2 aromatic heterocycles. The highest BCUT2D eigenvalue weighted by Gasteiger charge is 2.11. The normalized spacial score (nSPS) is 12.0. The van der Waals surface area contributed by atoms with Gasteiger partial charge in [-0.2, -0.15) is 10.2 Å². The summed E-state index contributed by atoms with van der Waals surface area (Å²) in [6.45, 7) is 11.1. The summed E-state index contributed by atoms with van der Waals surface area (Å²) in [5.74, 6) is 0. The van der Waals surface area contributed by atoms with E-state index in [1.54, 1.807) is 0 Å². The fraction of sp³-hybridized carbons (Fsp3) is 0.571. The Kier molecular flexibility index (Phi) is 4.04. The molecular weight excluding hydrogens is 238 g/mol. The van der Waals surface area contributed by atoms with Crippen LogP contribution < -0.4 is 5.32 Å². The Labute approximate surface area is 114 Å². The summed E-state index contributed by atoms with van der Waals surface area (Å²) in [4.78, 5) is 0. The van der Waals surface area contributed by atoms with Crippen molar-refractivity contribution in [3.05, 3.63) is 35.9 Å². The zero-order valence-electron chi connectivity index (χ0n) is 12.2. The van der Waals surface area contributed by atoms with Crippen LogP contribution in [0.2, 0.25) is 0 Å². The lowest BCUT2D eigenvalue weighted by atomic mass is 10.1. The molecule has 2 heterocycles. The standard InChI is InChI=1S/C14H23N5/c1-5-18-10-12(8-17-18)11-19-13(6-7-16-19)9-15-14(2,3)4/h6-8,10,15H,5,9,11H2,1-4H3. The van der Waals surface area contributed by atoms with Crippen LogP contribution in [0.5, 0.6) is 0 Å². The van der Waals surface area contributed by atoms with Gasteiger partial charge < -0.3 is 5.32 Å². The summed E-state index contributed by atoms with van der Waals surface area (Å²) >= 11 is 0. The lowest BCUT2D eigenvalue weighted by Gasteiger charge is -2.20.